The molecule has 0 aliphatic heterocycles. The third kappa shape index (κ3) is 5.35. The van der Waals surface area contributed by atoms with Crippen molar-refractivity contribution in [3.8, 4) is 0 Å². The predicted molar refractivity (Wildman–Crippen MR) is 38.7 cm³/mol. The maximum Gasteiger partial charge on any atom is 0.309 e. The van der Waals surface area contributed by atoms with Gasteiger partial charge in [-0.2, -0.15) is 0 Å². The fourth-order valence-electron chi connectivity index (χ4n) is 0.506. The molecule has 0 fully saturated rings. The molecule has 0 saturated carbocycles. The topological polar surface area (TPSA) is 81.4 Å². The number of methoxy groups -OCH3 is 1. The molecule has 0 heterocycles. The first-order valence-corrected chi connectivity index (χ1v) is 3.25. The van der Waals surface area contributed by atoms with Crippen LogP contribution in [0, 0.1) is 0 Å². The van der Waals surface area contributed by atoms with Gasteiger partial charge in [0.1, 0.15) is 0 Å². The monoisotopic (exact) mass is 160 g/mol. The van der Waals surface area contributed by atoms with E-state index in [4.69, 9.17) is 4.74 Å². The quantitative estimate of drug-likeness (QED) is 0.393. The molecule has 2 amide bonds. The van der Waals surface area contributed by atoms with Crippen LogP contribution >= 0.6 is 0 Å². The van der Waals surface area contributed by atoms with Crippen molar-refractivity contribution >= 4 is 11.8 Å². The van der Waals surface area contributed by atoms with Crippen LogP contribution < -0.4 is 11.1 Å². The van der Waals surface area contributed by atoms with Gasteiger partial charge in [-0.05, 0) is 6.42 Å². The molecule has 3 N–H and O–H groups in total. The fraction of sp³-hybridized carbons (Fsp3) is 0.667. The van der Waals surface area contributed by atoms with Crippen molar-refractivity contribution < 1.29 is 14.3 Å². The summed E-state index contributed by atoms with van der Waals surface area (Å²) in [5.41, 5.74) is 4.67. The lowest BCUT2D eigenvalue weighted by Crippen LogP contribution is -2.36. The number of rotatable bonds is 4. The zero-order chi connectivity index (χ0) is 8.69. The van der Waals surface area contributed by atoms with Gasteiger partial charge in [-0.3, -0.25) is 9.59 Å². The Morgan fingerprint density at radius 1 is 1.55 bits per heavy atom. The summed E-state index contributed by atoms with van der Waals surface area (Å²) in [6.45, 7) is 0.967. The summed E-state index contributed by atoms with van der Waals surface area (Å²) in [5, 5.41) is 2.32. The Balaban J connectivity index is 3.25. The molecule has 5 heteroatoms. The Labute approximate surface area is 64.9 Å². The molecule has 5 nitrogen and oxygen atoms in total. The van der Waals surface area contributed by atoms with Crippen LogP contribution in [-0.4, -0.2) is 32.1 Å². The van der Waals surface area contributed by atoms with Gasteiger partial charge in [-0.15, -0.1) is 0 Å². The van der Waals surface area contributed by atoms with Gasteiger partial charge in [0.2, 0.25) is 0 Å². The van der Waals surface area contributed by atoms with Crippen molar-refractivity contribution in [3.63, 3.8) is 0 Å². The number of amides is 2. The molecule has 0 aliphatic carbocycles. The summed E-state index contributed by atoms with van der Waals surface area (Å²) in [4.78, 5) is 20.6. The van der Waals surface area contributed by atoms with Crippen molar-refractivity contribution in [2.75, 3.05) is 20.3 Å². The molecule has 0 aromatic carbocycles. The van der Waals surface area contributed by atoms with E-state index in [1.54, 1.807) is 7.11 Å². The highest BCUT2D eigenvalue weighted by molar-refractivity contribution is 6.34. The third-order valence-corrected chi connectivity index (χ3v) is 1.03. The van der Waals surface area contributed by atoms with Gasteiger partial charge in [0.05, 0.1) is 0 Å². The largest absolute Gasteiger partial charge is 0.385 e. The number of hydrogen-bond donors (Lipinski definition) is 2. The van der Waals surface area contributed by atoms with E-state index in [1.807, 2.05) is 0 Å². The summed E-state index contributed by atoms with van der Waals surface area (Å²) < 4.78 is 4.72. The van der Waals surface area contributed by atoms with E-state index < -0.39 is 11.8 Å². The molecule has 0 aromatic heterocycles. The lowest BCUT2D eigenvalue weighted by atomic mass is 10.4. The molecule has 0 aromatic rings. The normalized spacial score (nSPS) is 9.18. The van der Waals surface area contributed by atoms with Gasteiger partial charge in [-0.1, -0.05) is 0 Å². The Hall–Kier alpha value is -1.10. The van der Waals surface area contributed by atoms with Gasteiger partial charge in [0, 0.05) is 20.3 Å². The first kappa shape index (κ1) is 9.90. The molecule has 0 aliphatic rings. The van der Waals surface area contributed by atoms with Crippen molar-refractivity contribution in [1.82, 2.24) is 5.32 Å². The van der Waals surface area contributed by atoms with Crippen LogP contribution in [0.3, 0.4) is 0 Å². The van der Waals surface area contributed by atoms with Crippen LogP contribution in [0.1, 0.15) is 6.42 Å². The molecule has 0 spiro atoms. The van der Waals surface area contributed by atoms with Gasteiger partial charge in [0.25, 0.3) is 0 Å². The van der Waals surface area contributed by atoms with Crippen molar-refractivity contribution in [2.45, 2.75) is 6.42 Å². The first-order valence-electron chi connectivity index (χ1n) is 3.25. The Bertz CT molecular complexity index is 147. The van der Waals surface area contributed by atoms with Gasteiger partial charge in [0.15, 0.2) is 0 Å². The van der Waals surface area contributed by atoms with E-state index in [0.29, 0.717) is 19.6 Å². The maximum absolute atomic E-state index is 10.5. The molecule has 64 valence electrons. The summed E-state index contributed by atoms with van der Waals surface area (Å²) in [6, 6.07) is 0. The second kappa shape index (κ2) is 5.67. The van der Waals surface area contributed by atoms with Crippen LogP contribution in [0.25, 0.3) is 0 Å². The molecule has 0 rings (SSSR count). The van der Waals surface area contributed by atoms with Crippen molar-refractivity contribution in [1.29, 1.82) is 0 Å². The summed E-state index contributed by atoms with van der Waals surface area (Å²) in [5.74, 6) is -1.71. The second-order valence-electron chi connectivity index (χ2n) is 1.97. The third-order valence-electron chi connectivity index (χ3n) is 1.03. The molecule has 0 bridgehead atoms. The van der Waals surface area contributed by atoms with E-state index in [0.717, 1.165) is 0 Å². The number of carbonyl (C=O) groups is 2. The minimum absolute atomic E-state index is 0.412. The van der Waals surface area contributed by atoms with Crippen molar-refractivity contribution in [3.05, 3.63) is 0 Å². The van der Waals surface area contributed by atoms with E-state index in [9.17, 15) is 9.59 Å². The Morgan fingerprint density at radius 2 is 2.18 bits per heavy atom. The first-order chi connectivity index (χ1) is 5.18. The van der Waals surface area contributed by atoms with E-state index in [2.05, 4.69) is 11.1 Å². The fourth-order valence-corrected chi connectivity index (χ4v) is 0.506. The van der Waals surface area contributed by atoms with E-state index in [-0.39, 0.29) is 0 Å². The molecular formula is C6H12N2O3. The van der Waals surface area contributed by atoms with Crippen LogP contribution in [0.15, 0.2) is 0 Å². The molecule has 0 radical (unpaired) electrons. The highest BCUT2D eigenvalue weighted by Crippen LogP contribution is 1.76. The SMILES string of the molecule is COCCCNC(=O)C(N)=O. The van der Waals surface area contributed by atoms with Gasteiger partial charge >= 0.3 is 11.8 Å². The smallest absolute Gasteiger partial charge is 0.309 e. The zero-order valence-electron chi connectivity index (χ0n) is 6.42. The van der Waals surface area contributed by atoms with Crippen LogP contribution in [-0.2, 0) is 14.3 Å². The predicted octanol–water partition coefficient (Wildman–Crippen LogP) is -1.38. The number of hydrogen-bond acceptors (Lipinski definition) is 3. The van der Waals surface area contributed by atoms with Crippen LogP contribution in [0.5, 0.6) is 0 Å². The number of primary amides is 1. The number of carbonyl (C=O) groups excluding carboxylic acids is 2. The minimum Gasteiger partial charge on any atom is -0.385 e. The molecule has 11 heavy (non-hydrogen) atoms. The molecule has 0 unspecified atom stereocenters. The summed E-state index contributed by atoms with van der Waals surface area (Å²) >= 11 is 0. The Kier molecular flexibility index (Phi) is 5.10. The maximum atomic E-state index is 10.5. The van der Waals surface area contributed by atoms with Crippen LogP contribution in [0.2, 0.25) is 0 Å². The average molecular weight is 160 g/mol. The number of ether oxygens (including phenoxy) is 1. The lowest BCUT2D eigenvalue weighted by molar-refractivity contribution is -0.137. The molecule has 0 atom stereocenters. The summed E-state index contributed by atoms with van der Waals surface area (Å²) in [7, 11) is 1.57. The summed E-state index contributed by atoms with van der Waals surface area (Å²) in [6.07, 6.45) is 0.676. The molecule has 0 saturated heterocycles. The van der Waals surface area contributed by atoms with Crippen LogP contribution in [0.4, 0.5) is 0 Å². The van der Waals surface area contributed by atoms with Gasteiger partial charge < -0.3 is 15.8 Å². The lowest BCUT2D eigenvalue weighted by Gasteiger charge is -2.00. The van der Waals surface area contributed by atoms with Gasteiger partial charge in [-0.25, -0.2) is 0 Å². The van der Waals surface area contributed by atoms with Crippen molar-refractivity contribution in [2.24, 2.45) is 5.73 Å². The number of nitrogens with two attached hydrogens (primary N) is 1. The highest BCUT2D eigenvalue weighted by Gasteiger charge is 2.05. The highest BCUT2D eigenvalue weighted by atomic mass is 16.5. The Morgan fingerprint density at radius 3 is 2.64 bits per heavy atom. The van der Waals surface area contributed by atoms with E-state index in [1.165, 1.54) is 0 Å². The minimum atomic E-state index is -0.956. The standard InChI is InChI=1S/C6H12N2O3/c1-11-4-2-3-8-6(10)5(7)9/h2-4H2,1H3,(H2,7,9)(H,8,10). The number of nitrogens with one attached hydrogen (secondary N) is 1. The average Bonchev–Trinajstić information content (AvgIpc) is 1.97. The van der Waals surface area contributed by atoms with E-state index >= 15 is 0 Å². The zero-order valence-corrected chi connectivity index (χ0v) is 6.42. The second-order valence-corrected chi connectivity index (χ2v) is 1.97. The molecular weight excluding hydrogens is 148 g/mol.